The van der Waals surface area contributed by atoms with Crippen molar-refractivity contribution in [2.75, 3.05) is 31.6 Å². The number of rotatable bonds is 9. The molecule has 15 nitrogen and oxygen atoms in total. The largest absolute Gasteiger partial charge is 0.478 e. The summed E-state index contributed by atoms with van der Waals surface area (Å²) in [5.41, 5.74) is 3.83. The van der Waals surface area contributed by atoms with Crippen molar-refractivity contribution in [3.8, 4) is 0 Å². The number of carbonyl (C=O) groups excluding carboxylic acids is 2. The van der Waals surface area contributed by atoms with Crippen LogP contribution in [0.15, 0.2) is 28.7 Å². The number of hydrazine groups is 1. The molecular formula is C20H24N8O7S2. The highest BCUT2D eigenvalue weighted by molar-refractivity contribution is 8.00. The van der Waals surface area contributed by atoms with E-state index in [4.69, 9.17) is 10.6 Å². The van der Waals surface area contributed by atoms with Gasteiger partial charge in [-0.2, -0.15) is 9.36 Å². The van der Waals surface area contributed by atoms with Gasteiger partial charge in [0.2, 0.25) is 17.1 Å². The van der Waals surface area contributed by atoms with E-state index in [2.05, 4.69) is 19.8 Å². The zero-order chi connectivity index (χ0) is 27.1. The number of nitrogens with one attached hydrogen (secondary N) is 1. The van der Waals surface area contributed by atoms with Gasteiger partial charge in [0.25, 0.3) is 11.8 Å². The molecule has 1 aromatic heterocycles. The number of β-lactam (4-membered cyclic amide) rings is 1. The van der Waals surface area contributed by atoms with Gasteiger partial charge in [0.1, 0.15) is 17.1 Å². The fourth-order valence-electron chi connectivity index (χ4n) is 3.67. The molecule has 0 bridgehead atoms. The van der Waals surface area contributed by atoms with Crippen molar-refractivity contribution in [1.29, 1.82) is 0 Å². The van der Waals surface area contributed by atoms with E-state index in [1.807, 2.05) is 29.3 Å². The Morgan fingerprint density at radius 3 is 2.65 bits per heavy atom. The summed E-state index contributed by atoms with van der Waals surface area (Å²) in [6.45, 7) is 3.41. The maximum Gasteiger partial charge on any atom is 0.352 e. The SMILES string of the molecule is CN1C=CCN1CC1=C(C(=O)O)N2C(=O)[C@@H](NC(=O)/C(=N\OC(C)(C)C(=O)O)c3nsc(N)n3)[C@H]2SC1. The summed E-state index contributed by atoms with van der Waals surface area (Å²) >= 11 is 2.10. The van der Waals surface area contributed by atoms with Gasteiger partial charge in [-0.05, 0) is 19.4 Å². The van der Waals surface area contributed by atoms with Crippen molar-refractivity contribution >= 4 is 57.9 Å². The Morgan fingerprint density at radius 2 is 2.08 bits per heavy atom. The number of nitrogens with two attached hydrogens (primary N) is 1. The number of fused-ring (bicyclic) bond motifs is 1. The van der Waals surface area contributed by atoms with Crippen molar-refractivity contribution in [1.82, 2.24) is 29.6 Å². The highest BCUT2D eigenvalue weighted by atomic mass is 32.2. The number of hydrogen-bond donors (Lipinski definition) is 4. The number of aliphatic carboxylic acids is 2. The molecule has 0 aromatic carbocycles. The molecule has 37 heavy (non-hydrogen) atoms. The van der Waals surface area contributed by atoms with Gasteiger partial charge in [-0.1, -0.05) is 11.2 Å². The van der Waals surface area contributed by atoms with Crippen LogP contribution in [-0.2, 0) is 24.0 Å². The number of carboxylic acids is 2. The number of oxime groups is 1. The van der Waals surface area contributed by atoms with E-state index in [0.29, 0.717) is 24.4 Å². The highest BCUT2D eigenvalue weighted by Crippen LogP contribution is 2.40. The number of hydrogen-bond acceptors (Lipinski definition) is 13. The van der Waals surface area contributed by atoms with E-state index in [1.165, 1.54) is 30.5 Å². The minimum absolute atomic E-state index is 0.0318. The monoisotopic (exact) mass is 552 g/mol. The highest BCUT2D eigenvalue weighted by Gasteiger charge is 2.54. The van der Waals surface area contributed by atoms with E-state index < -0.39 is 46.5 Å². The molecule has 0 radical (unpaired) electrons. The molecule has 3 aliphatic heterocycles. The Kier molecular flexibility index (Phi) is 7.11. The Hall–Kier alpha value is -3.70. The number of amides is 2. The lowest BCUT2D eigenvalue weighted by atomic mass is 10.0. The summed E-state index contributed by atoms with van der Waals surface area (Å²) in [4.78, 5) is 59.7. The third-order valence-corrected chi connectivity index (χ3v) is 7.62. The molecule has 0 aliphatic carbocycles. The normalized spacial score (nSPS) is 22.1. The van der Waals surface area contributed by atoms with E-state index in [1.54, 1.807) is 0 Å². The first kappa shape index (κ1) is 26.4. The quantitative estimate of drug-likeness (QED) is 0.167. The van der Waals surface area contributed by atoms with Crippen LogP contribution < -0.4 is 11.1 Å². The van der Waals surface area contributed by atoms with Gasteiger partial charge < -0.3 is 31.1 Å². The first-order valence-corrected chi connectivity index (χ1v) is 12.7. The molecule has 0 unspecified atom stereocenters. The fourth-order valence-corrected chi connectivity index (χ4v) is 5.44. The second-order valence-corrected chi connectivity index (χ2v) is 10.6. The Morgan fingerprint density at radius 1 is 1.35 bits per heavy atom. The molecule has 5 N–H and O–H groups in total. The predicted molar refractivity (Wildman–Crippen MR) is 132 cm³/mol. The van der Waals surface area contributed by atoms with E-state index in [-0.39, 0.29) is 16.7 Å². The number of anilines is 1. The molecule has 4 heterocycles. The molecule has 4 rings (SSSR count). The summed E-state index contributed by atoms with van der Waals surface area (Å²) in [6, 6.07) is -1.06. The molecule has 1 saturated heterocycles. The number of carbonyl (C=O) groups is 4. The minimum atomic E-state index is -1.77. The zero-order valence-electron chi connectivity index (χ0n) is 19.9. The van der Waals surface area contributed by atoms with Gasteiger partial charge in [-0.25, -0.2) is 14.6 Å². The van der Waals surface area contributed by atoms with Crippen molar-refractivity contribution < 1.29 is 34.2 Å². The second kappa shape index (κ2) is 9.98. The number of carboxylic acid groups (broad SMARTS) is 2. The van der Waals surface area contributed by atoms with Gasteiger partial charge in [0.15, 0.2) is 5.13 Å². The number of nitrogens with zero attached hydrogens (tertiary/aromatic N) is 6. The molecule has 2 amide bonds. The molecule has 17 heteroatoms. The molecule has 1 fully saturated rings. The van der Waals surface area contributed by atoms with Gasteiger partial charge >= 0.3 is 11.9 Å². The number of thioether (sulfide) groups is 1. The summed E-state index contributed by atoms with van der Waals surface area (Å²) in [7, 11) is 1.84. The summed E-state index contributed by atoms with van der Waals surface area (Å²) in [6.07, 6.45) is 3.80. The van der Waals surface area contributed by atoms with Gasteiger partial charge in [-0.15, -0.1) is 11.8 Å². The third kappa shape index (κ3) is 5.09. The smallest absolute Gasteiger partial charge is 0.352 e. The number of nitrogen functional groups attached to an aromatic ring is 1. The van der Waals surface area contributed by atoms with Crippen molar-refractivity contribution in [3.05, 3.63) is 29.4 Å². The maximum atomic E-state index is 13.1. The molecule has 0 spiro atoms. The lowest BCUT2D eigenvalue weighted by Crippen LogP contribution is -2.71. The first-order valence-electron chi connectivity index (χ1n) is 10.8. The Balaban J connectivity index is 1.53. The average molecular weight is 553 g/mol. The summed E-state index contributed by atoms with van der Waals surface area (Å²) in [5.74, 6) is -3.95. The molecule has 3 aliphatic rings. The maximum absolute atomic E-state index is 13.1. The van der Waals surface area contributed by atoms with Gasteiger partial charge in [0.05, 0.1) is 0 Å². The van der Waals surface area contributed by atoms with Crippen LogP contribution in [-0.4, -0.2) is 107 Å². The van der Waals surface area contributed by atoms with E-state index in [9.17, 15) is 29.4 Å². The van der Waals surface area contributed by atoms with Crippen LogP contribution in [0.5, 0.6) is 0 Å². The lowest BCUT2D eigenvalue weighted by molar-refractivity contribution is -0.161. The van der Waals surface area contributed by atoms with Crippen LogP contribution >= 0.6 is 23.3 Å². The van der Waals surface area contributed by atoms with Crippen LogP contribution in [0.2, 0.25) is 0 Å². The molecule has 198 valence electrons. The third-order valence-electron chi connectivity index (χ3n) is 5.74. The lowest BCUT2D eigenvalue weighted by Gasteiger charge is -2.49. The Labute approximate surface area is 218 Å². The molecule has 2 atom stereocenters. The van der Waals surface area contributed by atoms with Crippen LogP contribution in [0.4, 0.5) is 5.13 Å². The molecular weight excluding hydrogens is 528 g/mol. The van der Waals surface area contributed by atoms with Crippen molar-refractivity contribution in [3.63, 3.8) is 0 Å². The topological polar surface area (TPSA) is 204 Å². The molecule has 0 saturated carbocycles. The van der Waals surface area contributed by atoms with Crippen LogP contribution in [0.25, 0.3) is 0 Å². The van der Waals surface area contributed by atoms with E-state index in [0.717, 1.165) is 11.5 Å². The zero-order valence-corrected chi connectivity index (χ0v) is 21.6. The van der Waals surface area contributed by atoms with Gasteiger partial charge in [-0.3, -0.25) is 14.5 Å². The van der Waals surface area contributed by atoms with Crippen LogP contribution in [0.1, 0.15) is 19.7 Å². The van der Waals surface area contributed by atoms with Crippen LogP contribution in [0.3, 0.4) is 0 Å². The van der Waals surface area contributed by atoms with E-state index >= 15 is 0 Å². The molecule has 1 aromatic rings. The minimum Gasteiger partial charge on any atom is -0.478 e. The Bertz CT molecular complexity index is 1240. The first-order chi connectivity index (χ1) is 17.4. The summed E-state index contributed by atoms with van der Waals surface area (Å²) < 4.78 is 3.92. The summed E-state index contributed by atoms with van der Waals surface area (Å²) in [5, 5.41) is 28.5. The van der Waals surface area contributed by atoms with Crippen LogP contribution in [0, 0.1) is 0 Å². The number of aromatic nitrogens is 2. The average Bonchev–Trinajstić information content (AvgIpc) is 3.44. The van der Waals surface area contributed by atoms with Gasteiger partial charge in [0, 0.05) is 43.6 Å². The standard InChI is InChI=1S/C20H24N8O7S2/c1-20(2,18(33)34)35-24-10(13-23-19(21)37-25-13)14(29)22-11-15(30)28-12(17(31)32)9(8-36-16(11)28)7-27-6-4-5-26(27)3/h4-5,11,16H,6-8H2,1-3H3,(H,22,29)(H,31,32)(H,33,34)(H2,21,23,25)/b24-10-/t11-,16-/m1/s1. The second-order valence-electron chi connectivity index (χ2n) is 8.73. The van der Waals surface area contributed by atoms with Crippen molar-refractivity contribution in [2.45, 2.75) is 30.9 Å². The van der Waals surface area contributed by atoms with Crippen molar-refractivity contribution in [2.24, 2.45) is 5.16 Å². The predicted octanol–water partition coefficient (Wildman–Crippen LogP) is -0.881. The fraction of sp³-hybridized carbons (Fsp3) is 0.450.